The van der Waals surface area contributed by atoms with Gasteiger partial charge >= 0.3 is 0 Å². The van der Waals surface area contributed by atoms with Crippen molar-refractivity contribution in [3.63, 3.8) is 0 Å². The summed E-state index contributed by atoms with van der Waals surface area (Å²) in [7, 11) is -4.03. The highest BCUT2D eigenvalue weighted by Gasteiger charge is 2.27. The molecule has 0 atom stereocenters. The van der Waals surface area contributed by atoms with Crippen molar-refractivity contribution in [1.82, 2.24) is 10.0 Å². The highest BCUT2D eigenvalue weighted by Crippen LogP contribution is 2.26. The lowest BCUT2D eigenvalue weighted by atomic mass is 10.1. The van der Waals surface area contributed by atoms with Gasteiger partial charge in [0.15, 0.2) is 4.90 Å². The number of aryl methyl sites for hydroxylation is 1. The molecule has 2 N–H and O–H groups in total. The molecule has 0 saturated heterocycles. The molecule has 0 aromatic heterocycles. The summed E-state index contributed by atoms with van der Waals surface area (Å²) in [5.74, 6) is -0.0485. The average molecular weight is 355 g/mol. The van der Waals surface area contributed by atoms with Gasteiger partial charge in [0, 0.05) is 25.1 Å². The minimum Gasteiger partial charge on any atom is -0.355 e. The van der Waals surface area contributed by atoms with Crippen molar-refractivity contribution in [2.24, 2.45) is 5.92 Å². The zero-order valence-corrected chi connectivity index (χ0v) is 14.3. The second-order valence-electron chi connectivity index (χ2n) is 5.85. The molecular weight excluding hydrogens is 334 g/mol. The lowest BCUT2D eigenvalue weighted by Gasteiger charge is -2.12. The number of hydrogen-bond donors (Lipinski definition) is 2. The summed E-state index contributed by atoms with van der Waals surface area (Å²) in [6.07, 6.45) is 3.82. The fourth-order valence-electron chi connectivity index (χ4n) is 2.91. The number of carbonyl (C=O) groups is 1. The van der Waals surface area contributed by atoms with Crippen LogP contribution in [0.15, 0.2) is 23.1 Å². The SMILES string of the molecule is Cc1cccc([N+](=O)[O-])c1S(=O)(=O)NCCNC(=O)C1CCCC1. The van der Waals surface area contributed by atoms with Gasteiger partial charge in [0.25, 0.3) is 5.69 Å². The van der Waals surface area contributed by atoms with Gasteiger partial charge in [-0.05, 0) is 25.3 Å². The molecule has 0 heterocycles. The maximum atomic E-state index is 12.4. The molecule has 8 nitrogen and oxygen atoms in total. The molecule has 132 valence electrons. The van der Waals surface area contributed by atoms with Crippen LogP contribution in [0.25, 0.3) is 0 Å². The molecule has 0 radical (unpaired) electrons. The third kappa shape index (κ3) is 4.30. The number of rotatable bonds is 7. The first-order valence-electron chi connectivity index (χ1n) is 7.84. The Morgan fingerprint density at radius 2 is 1.96 bits per heavy atom. The first-order chi connectivity index (χ1) is 11.3. The number of nitrogens with zero attached hydrogens (tertiary/aromatic N) is 1. The Hall–Kier alpha value is -2.00. The van der Waals surface area contributed by atoms with E-state index in [0.717, 1.165) is 31.7 Å². The molecule has 2 rings (SSSR count). The number of nitro benzene ring substituents is 1. The van der Waals surface area contributed by atoms with Crippen molar-refractivity contribution >= 4 is 21.6 Å². The van der Waals surface area contributed by atoms with Gasteiger partial charge in [-0.25, -0.2) is 13.1 Å². The summed E-state index contributed by atoms with van der Waals surface area (Å²) in [6, 6.07) is 4.10. The molecule has 1 aromatic rings. The Balaban J connectivity index is 1.97. The number of nitrogens with one attached hydrogen (secondary N) is 2. The van der Waals surface area contributed by atoms with E-state index in [1.54, 1.807) is 0 Å². The van der Waals surface area contributed by atoms with E-state index in [0.29, 0.717) is 5.56 Å². The van der Waals surface area contributed by atoms with Crippen molar-refractivity contribution in [3.05, 3.63) is 33.9 Å². The van der Waals surface area contributed by atoms with Gasteiger partial charge in [0.05, 0.1) is 4.92 Å². The number of amides is 1. The fraction of sp³-hybridized carbons (Fsp3) is 0.533. The van der Waals surface area contributed by atoms with Crippen LogP contribution in [0.5, 0.6) is 0 Å². The Bertz CT molecular complexity index is 727. The molecule has 1 aliphatic carbocycles. The largest absolute Gasteiger partial charge is 0.355 e. The van der Waals surface area contributed by atoms with Crippen molar-refractivity contribution in [3.8, 4) is 0 Å². The smallest absolute Gasteiger partial charge is 0.289 e. The topological polar surface area (TPSA) is 118 Å². The molecule has 1 aliphatic rings. The van der Waals surface area contributed by atoms with Crippen molar-refractivity contribution in [2.75, 3.05) is 13.1 Å². The minimum absolute atomic E-state index is 0.0130. The first kappa shape index (κ1) is 18.3. The number of carbonyl (C=O) groups excluding carboxylic acids is 1. The van der Waals surface area contributed by atoms with Crippen molar-refractivity contribution in [2.45, 2.75) is 37.5 Å². The predicted octanol–water partition coefficient (Wildman–Crippen LogP) is 1.49. The quantitative estimate of drug-likeness (QED) is 0.436. The highest BCUT2D eigenvalue weighted by atomic mass is 32.2. The van der Waals surface area contributed by atoms with E-state index in [1.807, 2.05) is 0 Å². The number of hydrogen-bond acceptors (Lipinski definition) is 5. The molecule has 0 spiro atoms. The molecular formula is C15H21N3O5S. The second kappa shape index (κ2) is 7.71. The van der Waals surface area contributed by atoms with Crippen LogP contribution < -0.4 is 10.0 Å². The summed E-state index contributed by atoms with van der Waals surface area (Å²) in [6.45, 7) is 1.63. The Labute approximate surface area is 140 Å². The highest BCUT2D eigenvalue weighted by molar-refractivity contribution is 7.89. The average Bonchev–Trinajstić information content (AvgIpc) is 3.05. The summed E-state index contributed by atoms with van der Waals surface area (Å²) < 4.78 is 27.0. The molecule has 0 unspecified atom stereocenters. The molecule has 0 aliphatic heterocycles. The van der Waals surface area contributed by atoms with Crippen LogP contribution >= 0.6 is 0 Å². The van der Waals surface area contributed by atoms with Gasteiger partial charge in [0.1, 0.15) is 0 Å². The zero-order valence-electron chi connectivity index (χ0n) is 13.4. The fourth-order valence-corrected chi connectivity index (χ4v) is 4.33. The Morgan fingerprint density at radius 3 is 2.58 bits per heavy atom. The summed E-state index contributed by atoms with van der Waals surface area (Å²) >= 11 is 0. The van der Waals surface area contributed by atoms with Gasteiger partial charge in [-0.15, -0.1) is 0 Å². The lowest BCUT2D eigenvalue weighted by molar-refractivity contribution is -0.387. The Morgan fingerprint density at radius 1 is 1.29 bits per heavy atom. The van der Waals surface area contributed by atoms with Crippen LogP contribution in [0.3, 0.4) is 0 Å². The van der Waals surface area contributed by atoms with Gasteiger partial charge in [0.2, 0.25) is 15.9 Å². The monoisotopic (exact) mass is 355 g/mol. The van der Waals surface area contributed by atoms with Crippen LogP contribution in [0, 0.1) is 23.0 Å². The maximum Gasteiger partial charge on any atom is 0.289 e. The standard InChI is InChI=1S/C15H21N3O5S/c1-11-5-4-8-13(18(20)21)14(11)24(22,23)17-10-9-16-15(19)12-6-2-3-7-12/h4-5,8,12,17H,2-3,6-7,9-10H2,1H3,(H,16,19). The third-order valence-corrected chi connectivity index (χ3v) is 5.75. The lowest BCUT2D eigenvalue weighted by Crippen LogP contribution is -2.37. The van der Waals surface area contributed by atoms with Crippen molar-refractivity contribution < 1.29 is 18.1 Å². The van der Waals surface area contributed by atoms with Crippen LogP contribution in [-0.2, 0) is 14.8 Å². The molecule has 1 amide bonds. The molecule has 9 heteroatoms. The van der Waals surface area contributed by atoms with E-state index in [4.69, 9.17) is 0 Å². The molecule has 1 saturated carbocycles. The van der Waals surface area contributed by atoms with E-state index >= 15 is 0 Å². The summed E-state index contributed by atoms with van der Waals surface area (Å²) in [5.41, 5.74) is -0.163. The van der Waals surface area contributed by atoms with E-state index in [-0.39, 0.29) is 29.8 Å². The first-order valence-corrected chi connectivity index (χ1v) is 9.32. The summed E-state index contributed by atoms with van der Waals surface area (Å²) in [4.78, 5) is 21.8. The van der Waals surface area contributed by atoms with Crippen molar-refractivity contribution in [1.29, 1.82) is 0 Å². The van der Waals surface area contributed by atoms with E-state index in [1.165, 1.54) is 19.1 Å². The number of benzene rings is 1. The molecule has 24 heavy (non-hydrogen) atoms. The van der Waals surface area contributed by atoms with Gasteiger partial charge in [-0.3, -0.25) is 14.9 Å². The van der Waals surface area contributed by atoms with Gasteiger partial charge in [-0.2, -0.15) is 0 Å². The normalized spacial score (nSPS) is 15.4. The second-order valence-corrected chi connectivity index (χ2v) is 7.55. The predicted molar refractivity (Wildman–Crippen MR) is 88.0 cm³/mol. The van der Waals surface area contributed by atoms with E-state index < -0.39 is 20.6 Å². The summed E-state index contributed by atoms with van der Waals surface area (Å²) in [5, 5.41) is 13.7. The van der Waals surface area contributed by atoms with Crippen LogP contribution in [0.1, 0.15) is 31.2 Å². The van der Waals surface area contributed by atoms with Crippen LogP contribution in [-0.4, -0.2) is 32.3 Å². The van der Waals surface area contributed by atoms with E-state index in [2.05, 4.69) is 10.0 Å². The minimum atomic E-state index is -4.03. The third-order valence-electron chi connectivity index (χ3n) is 4.10. The number of sulfonamides is 1. The van der Waals surface area contributed by atoms with E-state index in [9.17, 15) is 23.3 Å². The Kier molecular flexibility index (Phi) is 5.89. The van der Waals surface area contributed by atoms with Gasteiger partial charge < -0.3 is 5.32 Å². The zero-order chi connectivity index (χ0) is 17.7. The molecule has 1 fully saturated rings. The number of nitro groups is 1. The maximum absolute atomic E-state index is 12.4. The molecule has 1 aromatic carbocycles. The van der Waals surface area contributed by atoms with Crippen LogP contribution in [0.4, 0.5) is 5.69 Å². The van der Waals surface area contributed by atoms with Gasteiger partial charge in [-0.1, -0.05) is 25.0 Å². The molecule has 0 bridgehead atoms. The van der Waals surface area contributed by atoms with Crippen LogP contribution in [0.2, 0.25) is 0 Å².